The van der Waals surface area contributed by atoms with Crippen molar-refractivity contribution in [3.8, 4) is 11.5 Å². The highest BCUT2D eigenvalue weighted by Crippen LogP contribution is 2.33. The van der Waals surface area contributed by atoms with E-state index in [1.54, 1.807) is 29.5 Å². The van der Waals surface area contributed by atoms with Crippen LogP contribution in [0.4, 0.5) is 0 Å². The van der Waals surface area contributed by atoms with Crippen molar-refractivity contribution in [3.63, 3.8) is 0 Å². The number of hydrogen-bond donors (Lipinski definition) is 1. The Morgan fingerprint density at radius 1 is 1.11 bits per heavy atom. The lowest BCUT2D eigenvalue weighted by atomic mass is 10.00. The number of phenols is 1. The van der Waals surface area contributed by atoms with Gasteiger partial charge in [0.25, 0.3) is 0 Å². The largest absolute Gasteiger partial charge is 0.508 e. The molecule has 3 rings (SSSR count). The first kappa shape index (κ1) is 19.7. The molecular weight excluding hydrogens is 403 g/mol. The van der Waals surface area contributed by atoms with Crippen molar-refractivity contribution in [2.45, 2.75) is 19.8 Å². The average molecular weight is 421 g/mol. The maximum atomic E-state index is 11.1. The highest BCUT2D eigenvalue weighted by molar-refractivity contribution is 7.09. The lowest BCUT2D eigenvalue weighted by molar-refractivity contribution is -0.118. The summed E-state index contributed by atoms with van der Waals surface area (Å²) in [5, 5.41) is 13.1. The summed E-state index contributed by atoms with van der Waals surface area (Å²) in [5.74, 6) is 0.666. The number of hydrogen-bond acceptors (Lipinski definition) is 4. The van der Waals surface area contributed by atoms with Crippen molar-refractivity contribution in [1.29, 1.82) is 0 Å². The van der Waals surface area contributed by atoms with Crippen LogP contribution in [0.3, 0.4) is 0 Å². The first-order valence-electron chi connectivity index (χ1n) is 8.35. The first-order chi connectivity index (χ1) is 12.9. The van der Waals surface area contributed by atoms with Gasteiger partial charge >= 0.3 is 0 Å². The summed E-state index contributed by atoms with van der Waals surface area (Å²) >= 11 is 14.4. The van der Waals surface area contributed by atoms with Crippen LogP contribution in [0.15, 0.2) is 47.8 Å². The monoisotopic (exact) mass is 420 g/mol. The average Bonchev–Trinajstić information content (AvgIpc) is 3.12. The molecule has 0 amide bonds. The number of halogens is 2. The fourth-order valence-electron chi connectivity index (χ4n) is 2.71. The predicted octanol–water partition coefficient (Wildman–Crippen LogP) is 5.91. The van der Waals surface area contributed by atoms with Gasteiger partial charge in [0.2, 0.25) is 0 Å². The zero-order valence-electron chi connectivity index (χ0n) is 14.7. The number of benzene rings is 2. The molecule has 0 aliphatic heterocycles. The Labute approximate surface area is 172 Å². The molecule has 0 bridgehead atoms. The van der Waals surface area contributed by atoms with Crippen molar-refractivity contribution >= 4 is 40.3 Å². The standard InChI is InChI=1S/C21H18Cl2O3S/c1-13(24)12-26-16-10-19(22)18(20(23)11-16)8-14-4-5-21(25)15(7-14)9-17-3-2-6-27-17/h2-7,10-11,25H,8-9,12H2,1H3. The van der Waals surface area contributed by atoms with E-state index in [0.29, 0.717) is 28.6 Å². The van der Waals surface area contributed by atoms with E-state index in [0.717, 1.165) is 16.7 Å². The van der Waals surface area contributed by atoms with E-state index in [2.05, 4.69) is 0 Å². The Balaban J connectivity index is 1.81. The topological polar surface area (TPSA) is 46.5 Å². The summed E-state index contributed by atoms with van der Waals surface area (Å²) in [6.45, 7) is 1.44. The molecule has 27 heavy (non-hydrogen) atoms. The molecule has 0 atom stereocenters. The van der Waals surface area contributed by atoms with Gasteiger partial charge in [0.05, 0.1) is 0 Å². The third-order valence-corrected chi connectivity index (χ3v) is 5.58. The summed E-state index contributed by atoms with van der Waals surface area (Å²) in [6, 6.07) is 12.9. The summed E-state index contributed by atoms with van der Waals surface area (Å²) in [6.07, 6.45) is 1.21. The van der Waals surface area contributed by atoms with Crippen LogP contribution in [0.2, 0.25) is 10.0 Å². The number of ketones is 1. The number of thiophene rings is 1. The number of aromatic hydroxyl groups is 1. The van der Waals surface area contributed by atoms with Gasteiger partial charge in [0, 0.05) is 27.8 Å². The molecule has 0 unspecified atom stereocenters. The van der Waals surface area contributed by atoms with Crippen molar-refractivity contribution < 1.29 is 14.6 Å². The lowest BCUT2D eigenvalue weighted by Gasteiger charge is -2.12. The SMILES string of the molecule is CC(=O)COc1cc(Cl)c(Cc2ccc(O)c(Cc3cccs3)c2)c(Cl)c1. The Morgan fingerprint density at radius 3 is 2.48 bits per heavy atom. The second-order valence-electron chi connectivity index (χ2n) is 6.25. The number of Topliss-reactive ketones (excluding diaryl/α,β-unsaturated/α-hetero) is 1. The first-order valence-corrected chi connectivity index (χ1v) is 9.99. The minimum absolute atomic E-state index is 0.0178. The molecule has 0 radical (unpaired) electrons. The Hall–Kier alpha value is -2.01. The van der Waals surface area contributed by atoms with Crippen LogP contribution >= 0.6 is 34.5 Å². The van der Waals surface area contributed by atoms with E-state index < -0.39 is 0 Å². The number of carbonyl (C=O) groups excluding carboxylic acids is 1. The summed E-state index contributed by atoms with van der Waals surface area (Å²) in [4.78, 5) is 12.2. The highest BCUT2D eigenvalue weighted by atomic mass is 35.5. The van der Waals surface area contributed by atoms with Crippen LogP contribution in [0.1, 0.15) is 28.5 Å². The molecule has 0 aliphatic rings. The molecule has 0 aliphatic carbocycles. The molecule has 0 spiro atoms. The molecular formula is C21H18Cl2O3S. The smallest absolute Gasteiger partial charge is 0.167 e. The van der Waals surface area contributed by atoms with E-state index in [1.165, 1.54) is 11.8 Å². The molecule has 1 aromatic heterocycles. The highest BCUT2D eigenvalue weighted by Gasteiger charge is 2.12. The van der Waals surface area contributed by atoms with Gasteiger partial charge in [0.1, 0.15) is 18.1 Å². The third kappa shape index (κ3) is 5.25. The molecule has 3 aromatic rings. The van der Waals surface area contributed by atoms with Gasteiger partial charge in [-0.15, -0.1) is 11.3 Å². The van der Waals surface area contributed by atoms with Gasteiger partial charge in [0.15, 0.2) is 5.78 Å². The zero-order chi connectivity index (χ0) is 19.4. The summed E-state index contributed by atoms with van der Waals surface area (Å²) < 4.78 is 5.38. The van der Waals surface area contributed by atoms with Crippen molar-refractivity contribution in [1.82, 2.24) is 0 Å². The zero-order valence-corrected chi connectivity index (χ0v) is 17.0. The quantitative estimate of drug-likeness (QED) is 0.516. The van der Waals surface area contributed by atoms with Gasteiger partial charge in [-0.3, -0.25) is 4.79 Å². The van der Waals surface area contributed by atoms with E-state index in [1.807, 2.05) is 29.6 Å². The van der Waals surface area contributed by atoms with Gasteiger partial charge < -0.3 is 9.84 Å². The van der Waals surface area contributed by atoms with Gasteiger partial charge in [-0.25, -0.2) is 0 Å². The van der Waals surface area contributed by atoms with Crippen LogP contribution < -0.4 is 4.74 Å². The molecule has 1 heterocycles. The predicted molar refractivity (Wildman–Crippen MR) is 111 cm³/mol. The maximum absolute atomic E-state index is 11.1. The summed E-state index contributed by atoms with van der Waals surface area (Å²) in [7, 11) is 0. The normalized spacial score (nSPS) is 10.8. The van der Waals surface area contributed by atoms with E-state index >= 15 is 0 Å². The van der Waals surface area contributed by atoms with E-state index in [9.17, 15) is 9.90 Å². The molecule has 6 heteroatoms. The number of rotatable bonds is 7. The molecule has 1 N–H and O–H groups in total. The van der Waals surface area contributed by atoms with Crippen molar-refractivity contribution in [3.05, 3.63) is 79.5 Å². The van der Waals surface area contributed by atoms with Crippen LogP contribution in [0.25, 0.3) is 0 Å². The fourth-order valence-corrected chi connectivity index (χ4v) is 4.04. The van der Waals surface area contributed by atoms with Crippen LogP contribution in [0.5, 0.6) is 11.5 Å². The van der Waals surface area contributed by atoms with Gasteiger partial charge in [-0.05, 0) is 53.3 Å². The molecule has 0 saturated carbocycles. The minimum atomic E-state index is -0.0753. The number of carbonyl (C=O) groups is 1. The number of ether oxygens (including phenoxy) is 1. The second-order valence-corrected chi connectivity index (χ2v) is 8.10. The molecule has 0 saturated heterocycles. The van der Waals surface area contributed by atoms with E-state index in [4.69, 9.17) is 27.9 Å². The molecule has 0 fully saturated rings. The van der Waals surface area contributed by atoms with Crippen molar-refractivity contribution in [2.24, 2.45) is 0 Å². The van der Waals surface area contributed by atoms with Gasteiger partial charge in [-0.2, -0.15) is 0 Å². The van der Waals surface area contributed by atoms with Gasteiger partial charge in [-0.1, -0.05) is 41.4 Å². The van der Waals surface area contributed by atoms with Crippen LogP contribution in [-0.2, 0) is 17.6 Å². The fraction of sp³-hybridized carbons (Fsp3) is 0.190. The van der Waals surface area contributed by atoms with Crippen LogP contribution in [-0.4, -0.2) is 17.5 Å². The van der Waals surface area contributed by atoms with E-state index in [-0.39, 0.29) is 18.1 Å². The summed E-state index contributed by atoms with van der Waals surface area (Å²) in [5.41, 5.74) is 2.64. The Bertz CT molecular complexity index is 929. The molecule has 140 valence electrons. The molecule has 2 aromatic carbocycles. The minimum Gasteiger partial charge on any atom is -0.508 e. The Kier molecular flexibility index (Phi) is 6.42. The third-order valence-electron chi connectivity index (χ3n) is 4.03. The second kappa shape index (κ2) is 8.79. The van der Waals surface area contributed by atoms with Crippen molar-refractivity contribution in [2.75, 3.05) is 6.61 Å². The van der Waals surface area contributed by atoms with Crippen LogP contribution in [0, 0.1) is 0 Å². The Morgan fingerprint density at radius 2 is 1.85 bits per heavy atom. The lowest BCUT2D eigenvalue weighted by Crippen LogP contribution is -2.06. The number of phenolic OH excluding ortho intramolecular Hbond substituents is 1. The molecule has 3 nitrogen and oxygen atoms in total. The maximum Gasteiger partial charge on any atom is 0.167 e.